The number of carboxylic acid groups (broad SMARTS) is 2. The molecule has 0 radical (unpaired) electrons. The standard InChI is InChI=1S/C11H16O5S2/c12-7-1-2-8(17-5-3-9(13)14)11(7)18-6-4-10(15)16/h8,11H,1-6H2,(H,13,14)(H,15,16). The van der Waals surface area contributed by atoms with Crippen molar-refractivity contribution in [3.05, 3.63) is 0 Å². The molecule has 1 fully saturated rings. The predicted molar refractivity (Wildman–Crippen MR) is 71.2 cm³/mol. The number of carboxylic acids is 2. The molecule has 1 rings (SSSR count). The van der Waals surface area contributed by atoms with Crippen molar-refractivity contribution in [2.24, 2.45) is 0 Å². The van der Waals surface area contributed by atoms with Crippen molar-refractivity contribution in [2.75, 3.05) is 11.5 Å². The van der Waals surface area contributed by atoms with E-state index in [0.717, 1.165) is 6.42 Å². The summed E-state index contributed by atoms with van der Waals surface area (Å²) < 4.78 is 0. The molecular formula is C11H16O5S2. The highest BCUT2D eigenvalue weighted by Gasteiger charge is 2.35. The number of ketones is 1. The first kappa shape index (κ1) is 15.4. The van der Waals surface area contributed by atoms with Crippen molar-refractivity contribution in [1.82, 2.24) is 0 Å². The molecule has 0 saturated heterocycles. The van der Waals surface area contributed by atoms with E-state index >= 15 is 0 Å². The highest BCUT2D eigenvalue weighted by Crippen LogP contribution is 2.36. The lowest BCUT2D eigenvalue weighted by Gasteiger charge is -2.16. The van der Waals surface area contributed by atoms with Crippen LogP contribution >= 0.6 is 23.5 Å². The first-order valence-corrected chi connectivity index (χ1v) is 7.80. The fourth-order valence-corrected chi connectivity index (χ4v) is 4.61. The molecule has 0 aromatic heterocycles. The summed E-state index contributed by atoms with van der Waals surface area (Å²) in [5, 5.41) is 17.1. The Hall–Kier alpha value is -0.690. The fourth-order valence-electron chi connectivity index (χ4n) is 1.73. The van der Waals surface area contributed by atoms with Gasteiger partial charge in [0.1, 0.15) is 5.78 Å². The Morgan fingerprint density at radius 2 is 1.67 bits per heavy atom. The number of Topliss-reactive ketones (excluding diaryl/α,β-unsaturated/α-hetero) is 1. The lowest BCUT2D eigenvalue weighted by atomic mass is 10.3. The van der Waals surface area contributed by atoms with E-state index in [4.69, 9.17) is 10.2 Å². The van der Waals surface area contributed by atoms with Crippen molar-refractivity contribution in [3.8, 4) is 0 Å². The molecule has 0 aliphatic heterocycles. The summed E-state index contributed by atoms with van der Waals surface area (Å²) in [5.74, 6) is -0.589. The van der Waals surface area contributed by atoms with Crippen LogP contribution in [0.15, 0.2) is 0 Å². The van der Waals surface area contributed by atoms with Crippen molar-refractivity contribution in [1.29, 1.82) is 0 Å². The van der Waals surface area contributed by atoms with Crippen LogP contribution in [0.4, 0.5) is 0 Å². The molecule has 0 spiro atoms. The Morgan fingerprint density at radius 3 is 2.22 bits per heavy atom. The van der Waals surface area contributed by atoms with Crippen LogP contribution in [-0.4, -0.2) is 49.9 Å². The van der Waals surface area contributed by atoms with Gasteiger partial charge in [-0.1, -0.05) is 0 Å². The van der Waals surface area contributed by atoms with E-state index in [1.54, 1.807) is 0 Å². The first-order chi connectivity index (χ1) is 8.50. The Labute approximate surface area is 114 Å². The number of carbonyl (C=O) groups excluding carboxylic acids is 1. The fraction of sp³-hybridized carbons (Fsp3) is 0.727. The average molecular weight is 292 g/mol. The predicted octanol–water partition coefficient (Wildman–Crippen LogP) is 1.50. The lowest BCUT2D eigenvalue weighted by molar-refractivity contribution is -0.137. The highest BCUT2D eigenvalue weighted by molar-refractivity contribution is 8.04. The molecule has 102 valence electrons. The molecule has 2 N–H and O–H groups in total. The van der Waals surface area contributed by atoms with E-state index < -0.39 is 11.9 Å². The maximum Gasteiger partial charge on any atom is 0.304 e. The van der Waals surface area contributed by atoms with Gasteiger partial charge >= 0.3 is 11.9 Å². The summed E-state index contributed by atoms with van der Waals surface area (Å²) in [4.78, 5) is 32.5. The molecule has 0 amide bonds. The van der Waals surface area contributed by atoms with E-state index in [9.17, 15) is 14.4 Å². The van der Waals surface area contributed by atoms with Crippen LogP contribution in [-0.2, 0) is 14.4 Å². The maximum atomic E-state index is 11.7. The number of thioether (sulfide) groups is 2. The van der Waals surface area contributed by atoms with E-state index in [0.29, 0.717) is 17.9 Å². The van der Waals surface area contributed by atoms with Gasteiger partial charge in [-0.25, -0.2) is 0 Å². The SMILES string of the molecule is O=C(O)CCSC1CCC(=O)C1SCCC(=O)O. The van der Waals surface area contributed by atoms with Crippen LogP contribution in [0.1, 0.15) is 25.7 Å². The minimum Gasteiger partial charge on any atom is -0.481 e. The molecule has 18 heavy (non-hydrogen) atoms. The molecular weight excluding hydrogens is 276 g/mol. The third kappa shape index (κ3) is 5.30. The number of hydrogen-bond donors (Lipinski definition) is 2. The number of hydrogen-bond acceptors (Lipinski definition) is 5. The number of aliphatic carboxylic acids is 2. The molecule has 2 unspecified atom stereocenters. The summed E-state index contributed by atoms with van der Waals surface area (Å²) in [7, 11) is 0. The molecule has 1 saturated carbocycles. The van der Waals surface area contributed by atoms with E-state index in [2.05, 4.69) is 0 Å². The van der Waals surface area contributed by atoms with Gasteiger partial charge in [-0.2, -0.15) is 11.8 Å². The van der Waals surface area contributed by atoms with Gasteiger partial charge in [-0.05, 0) is 6.42 Å². The van der Waals surface area contributed by atoms with Gasteiger partial charge in [-0.3, -0.25) is 14.4 Å². The van der Waals surface area contributed by atoms with Crippen molar-refractivity contribution >= 4 is 41.2 Å². The Balaban J connectivity index is 2.33. The Morgan fingerprint density at radius 1 is 1.11 bits per heavy atom. The highest BCUT2D eigenvalue weighted by atomic mass is 32.2. The quantitative estimate of drug-likeness (QED) is 0.700. The molecule has 2 atom stereocenters. The second-order valence-electron chi connectivity index (χ2n) is 3.99. The van der Waals surface area contributed by atoms with Crippen LogP contribution in [0.2, 0.25) is 0 Å². The normalized spacial score (nSPS) is 23.2. The number of carbonyl (C=O) groups is 3. The smallest absolute Gasteiger partial charge is 0.304 e. The third-order valence-corrected chi connectivity index (χ3v) is 5.53. The van der Waals surface area contributed by atoms with Crippen LogP contribution in [0.25, 0.3) is 0 Å². The molecule has 1 aliphatic rings. The van der Waals surface area contributed by atoms with Crippen molar-refractivity contribution in [3.63, 3.8) is 0 Å². The van der Waals surface area contributed by atoms with Crippen molar-refractivity contribution < 1.29 is 24.6 Å². The second-order valence-corrected chi connectivity index (χ2v) is 6.59. The van der Waals surface area contributed by atoms with Crippen LogP contribution in [0, 0.1) is 0 Å². The van der Waals surface area contributed by atoms with Gasteiger partial charge in [0.25, 0.3) is 0 Å². The molecule has 5 nitrogen and oxygen atoms in total. The van der Waals surface area contributed by atoms with E-state index in [1.807, 2.05) is 0 Å². The summed E-state index contributed by atoms with van der Waals surface area (Å²) in [6.07, 6.45) is 1.45. The van der Waals surface area contributed by atoms with Crippen LogP contribution in [0.3, 0.4) is 0 Å². The zero-order chi connectivity index (χ0) is 13.5. The van der Waals surface area contributed by atoms with Gasteiger partial charge < -0.3 is 10.2 Å². The monoisotopic (exact) mass is 292 g/mol. The number of rotatable bonds is 8. The lowest BCUT2D eigenvalue weighted by Crippen LogP contribution is -2.21. The zero-order valence-electron chi connectivity index (χ0n) is 9.83. The van der Waals surface area contributed by atoms with Crippen LogP contribution in [0.5, 0.6) is 0 Å². The van der Waals surface area contributed by atoms with Gasteiger partial charge in [0, 0.05) is 23.2 Å². The van der Waals surface area contributed by atoms with Gasteiger partial charge in [-0.15, -0.1) is 11.8 Å². The van der Waals surface area contributed by atoms with Gasteiger partial charge in [0.2, 0.25) is 0 Å². The molecule has 7 heteroatoms. The average Bonchev–Trinajstić information content (AvgIpc) is 2.60. The van der Waals surface area contributed by atoms with E-state index in [-0.39, 0.29) is 29.1 Å². The third-order valence-electron chi connectivity index (χ3n) is 2.59. The Kier molecular flexibility index (Phi) is 6.56. The molecule has 0 aromatic carbocycles. The van der Waals surface area contributed by atoms with E-state index in [1.165, 1.54) is 23.5 Å². The second kappa shape index (κ2) is 7.68. The Bertz CT molecular complexity index is 331. The zero-order valence-corrected chi connectivity index (χ0v) is 11.5. The maximum absolute atomic E-state index is 11.7. The first-order valence-electron chi connectivity index (χ1n) is 5.70. The minimum atomic E-state index is -0.858. The topological polar surface area (TPSA) is 91.7 Å². The molecule has 1 aliphatic carbocycles. The summed E-state index contributed by atoms with van der Waals surface area (Å²) in [6.45, 7) is 0. The molecule has 0 bridgehead atoms. The largest absolute Gasteiger partial charge is 0.481 e. The minimum absolute atomic E-state index is 0.0565. The van der Waals surface area contributed by atoms with Gasteiger partial charge in [0.15, 0.2) is 0 Å². The van der Waals surface area contributed by atoms with Gasteiger partial charge in [0.05, 0.1) is 18.1 Å². The molecule has 0 heterocycles. The summed E-state index contributed by atoms with van der Waals surface area (Å²) in [6, 6.07) is 0. The van der Waals surface area contributed by atoms with Crippen LogP contribution < -0.4 is 0 Å². The molecule has 0 aromatic rings. The van der Waals surface area contributed by atoms with Crippen molar-refractivity contribution in [2.45, 2.75) is 36.2 Å². The summed E-state index contributed by atoms with van der Waals surface area (Å²) >= 11 is 2.90. The summed E-state index contributed by atoms with van der Waals surface area (Å²) in [5.41, 5.74) is 0.